The van der Waals surface area contributed by atoms with Gasteiger partial charge >= 0.3 is 5.69 Å². The molecule has 0 saturated heterocycles. The molecule has 1 aliphatic rings. The summed E-state index contributed by atoms with van der Waals surface area (Å²) in [5.74, 6) is 1.86. The molecule has 1 unspecified atom stereocenters. The van der Waals surface area contributed by atoms with Crippen LogP contribution in [-0.2, 0) is 33.0 Å². The van der Waals surface area contributed by atoms with Crippen molar-refractivity contribution in [1.29, 1.82) is 0 Å². The summed E-state index contributed by atoms with van der Waals surface area (Å²) >= 11 is 0. The minimum Gasteiger partial charge on any atom is -0.456 e. The van der Waals surface area contributed by atoms with Gasteiger partial charge in [-0.25, -0.2) is 9.48 Å². The molecule has 3 rings (SSSR count). The third kappa shape index (κ3) is 4.22. The van der Waals surface area contributed by atoms with Gasteiger partial charge in [-0.15, -0.1) is 0 Å². The van der Waals surface area contributed by atoms with Gasteiger partial charge in [0.05, 0.1) is 0 Å². The number of aryl methyl sites for hydroxylation is 3. The highest BCUT2D eigenvalue weighted by atomic mass is 16.4. The van der Waals surface area contributed by atoms with Crippen LogP contribution in [0.5, 0.6) is 0 Å². The van der Waals surface area contributed by atoms with Crippen LogP contribution in [0, 0.1) is 0 Å². The minimum atomic E-state index is -0.182. The summed E-state index contributed by atoms with van der Waals surface area (Å²) in [6, 6.07) is 1.88. The maximum Gasteiger partial charge on any atom is 0.345 e. The lowest BCUT2D eigenvalue weighted by atomic mass is 10.1. The first-order valence-electron chi connectivity index (χ1n) is 10.2. The average molecular weight is 390 g/mol. The van der Waals surface area contributed by atoms with Gasteiger partial charge in [0.1, 0.15) is 11.6 Å². The molecule has 0 spiro atoms. The second kappa shape index (κ2) is 8.77. The number of rotatable bonds is 7. The van der Waals surface area contributed by atoms with E-state index >= 15 is 0 Å². The van der Waals surface area contributed by atoms with Gasteiger partial charge in [0.25, 0.3) is 5.91 Å². The van der Waals surface area contributed by atoms with Crippen LogP contribution in [0.15, 0.2) is 15.3 Å². The number of carbonyl (C=O) groups is 1. The summed E-state index contributed by atoms with van der Waals surface area (Å²) in [6.07, 6.45) is 2.90. The Kier molecular flexibility index (Phi) is 6.39. The number of hydrogen-bond acceptors (Lipinski definition) is 5. The smallest absolute Gasteiger partial charge is 0.345 e. The molecule has 0 aromatic carbocycles. The van der Waals surface area contributed by atoms with Crippen molar-refractivity contribution in [2.75, 3.05) is 13.1 Å². The lowest BCUT2D eigenvalue weighted by molar-refractivity contribution is 0.0903. The monoisotopic (exact) mass is 389 g/mol. The van der Waals surface area contributed by atoms with Gasteiger partial charge in [-0.1, -0.05) is 20.8 Å². The average Bonchev–Trinajstić information content (AvgIpc) is 3.15. The Labute approximate surface area is 165 Å². The number of aromatic nitrogens is 3. The molecular formula is C20H31N5O3. The number of nitrogens with one attached hydrogen (secondary N) is 1. The van der Waals surface area contributed by atoms with Crippen LogP contribution < -0.4 is 11.0 Å². The highest BCUT2D eigenvalue weighted by Crippen LogP contribution is 2.19. The molecule has 154 valence electrons. The lowest BCUT2D eigenvalue weighted by Gasteiger charge is -2.17. The second-order valence-electron chi connectivity index (χ2n) is 7.35. The Morgan fingerprint density at radius 3 is 2.75 bits per heavy atom. The van der Waals surface area contributed by atoms with E-state index in [1.807, 2.05) is 13.0 Å². The fourth-order valence-corrected chi connectivity index (χ4v) is 3.80. The van der Waals surface area contributed by atoms with E-state index in [4.69, 9.17) is 4.42 Å². The highest BCUT2D eigenvalue weighted by molar-refractivity contribution is 5.92. The third-order valence-corrected chi connectivity index (χ3v) is 5.57. The van der Waals surface area contributed by atoms with Crippen LogP contribution in [0.3, 0.4) is 0 Å². The molecular weight excluding hydrogens is 358 g/mol. The Bertz CT molecular complexity index is 875. The number of hydrogen-bond donors (Lipinski definition) is 1. The first kappa shape index (κ1) is 20.4. The van der Waals surface area contributed by atoms with Gasteiger partial charge in [-0.2, -0.15) is 5.10 Å². The van der Waals surface area contributed by atoms with Crippen molar-refractivity contribution in [2.45, 2.75) is 65.6 Å². The van der Waals surface area contributed by atoms with Gasteiger partial charge in [0.15, 0.2) is 5.76 Å². The van der Waals surface area contributed by atoms with E-state index in [0.29, 0.717) is 25.1 Å². The fourth-order valence-electron chi connectivity index (χ4n) is 3.80. The summed E-state index contributed by atoms with van der Waals surface area (Å²) in [5, 5.41) is 7.37. The molecule has 1 atom stereocenters. The van der Waals surface area contributed by atoms with E-state index in [0.717, 1.165) is 49.6 Å². The zero-order chi connectivity index (χ0) is 20.3. The molecule has 0 saturated carbocycles. The number of nitrogens with zero attached hydrogens (tertiary/aromatic N) is 4. The van der Waals surface area contributed by atoms with Crippen molar-refractivity contribution < 1.29 is 9.21 Å². The number of furan rings is 1. The minimum absolute atomic E-state index is 0.000291. The normalized spacial score (nSPS) is 16.8. The number of carbonyl (C=O) groups excluding carboxylic acids is 1. The van der Waals surface area contributed by atoms with Crippen LogP contribution in [0.25, 0.3) is 0 Å². The van der Waals surface area contributed by atoms with Crippen LogP contribution in [0.4, 0.5) is 0 Å². The van der Waals surface area contributed by atoms with Crippen LogP contribution in [0.2, 0.25) is 0 Å². The number of amides is 1. The van der Waals surface area contributed by atoms with Gasteiger partial charge in [0, 0.05) is 44.6 Å². The van der Waals surface area contributed by atoms with E-state index in [1.54, 1.807) is 11.6 Å². The quantitative estimate of drug-likeness (QED) is 0.779. The van der Waals surface area contributed by atoms with Gasteiger partial charge in [0.2, 0.25) is 0 Å². The van der Waals surface area contributed by atoms with Crippen LogP contribution >= 0.6 is 0 Å². The largest absolute Gasteiger partial charge is 0.456 e. The molecule has 2 aromatic rings. The standard InChI is InChI=1S/C20H31N5O3/c1-5-16-14(13-24(6-2)7-3)12-17(28-16)19(26)21-15-8-9-18-22-23(4)20(27)25(18)11-10-15/h12,15H,5-11,13H2,1-4H3,(H,21,26). The van der Waals surface area contributed by atoms with Crippen molar-refractivity contribution >= 4 is 5.91 Å². The fraction of sp³-hybridized carbons (Fsp3) is 0.650. The summed E-state index contributed by atoms with van der Waals surface area (Å²) in [6.45, 7) is 9.59. The van der Waals surface area contributed by atoms with Crippen molar-refractivity contribution in [1.82, 2.24) is 24.6 Å². The molecule has 28 heavy (non-hydrogen) atoms. The molecule has 1 N–H and O–H groups in total. The zero-order valence-electron chi connectivity index (χ0n) is 17.3. The Balaban J connectivity index is 1.66. The van der Waals surface area contributed by atoms with Gasteiger partial charge < -0.3 is 9.73 Å². The van der Waals surface area contributed by atoms with Crippen molar-refractivity contribution in [2.24, 2.45) is 7.05 Å². The maximum absolute atomic E-state index is 12.8. The molecule has 2 aromatic heterocycles. The number of fused-ring (bicyclic) bond motifs is 1. The van der Waals surface area contributed by atoms with Crippen molar-refractivity contribution in [3.63, 3.8) is 0 Å². The molecule has 1 aliphatic heterocycles. The summed E-state index contributed by atoms with van der Waals surface area (Å²) in [7, 11) is 1.67. The van der Waals surface area contributed by atoms with E-state index in [1.165, 1.54) is 4.68 Å². The summed E-state index contributed by atoms with van der Waals surface area (Å²) < 4.78 is 8.94. The summed E-state index contributed by atoms with van der Waals surface area (Å²) in [4.78, 5) is 27.1. The Morgan fingerprint density at radius 2 is 2.07 bits per heavy atom. The van der Waals surface area contributed by atoms with Crippen LogP contribution in [0.1, 0.15) is 61.3 Å². The van der Waals surface area contributed by atoms with Gasteiger partial charge in [-0.3, -0.25) is 14.3 Å². The van der Waals surface area contributed by atoms with E-state index in [2.05, 4.69) is 29.2 Å². The first-order chi connectivity index (χ1) is 13.5. The topological polar surface area (TPSA) is 85.3 Å². The molecule has 0 fully saturated rings. The SMILES string of the molecule is CCc1oc(C(=O)NC2CCc3nn(C)c(=O)n3CC2)cc1CN(CC)CC. The van der Waals surface area contributed by atoms with Crippen molar-refractivity contribution in [3.05, 3.63) is 39.5 Å². The maximum atomic E-state index is 12.8. The predicted octanol–water partition coefficient (Wildman–Crippen LogP) is 1.71. The third-order valence-electron chi connectivity index (χ3n) is 5.57. The van der Waals surface area contributed by atoms with E-state index in [9.17, 15) is 9.59 Å². The molecule has 8 nitrogen and oxygen atoms in total. The lowest BCUT2D eigenvalue weighted by Crippen LogP contribution is -2.35. The van der Waals surface area contributed by atoms with E-state index in [-0.39, 0.29) is 17.6 Å². The van der Waals surface area contributed by atoms with E-state index < -0.39 is 0 Å². The summed E-state index contributed by atoms with van der Waals surface area (Å²) in [5.41, 5.74) is 0.988. The highest BCUT2D eigenvalue weighted by Gasteiger charge is 2.24. The molecule has 8 heteroatoms. The molecule has 3 heterocycles. The van der Waals surface area contributed by atoms with Gasteiger partial charge in [-0.05, 0) is 32.0 Å². The molecule has 0 radical (unpaired) electrons. The second-order valence-corrected chi connectivity index (χ2v) is 7.35. The first-order valence-corrected chi connectivity index (χ1v) is 10.2. The van der Waals surface area contributed by atoms with Crippen LogP contribution in [-0.4, -0.2) is 44.3 Å². The Hall–Kier alpha value is -2.35. The van der Waals surface area contributed by atoms with Crippen molar-refractivity contribution in [3.8, 4) is 0 Å². The molecule has 0 bridgehead atoms. The zero-order valence-corrected chi connectivity index (χ0v) is 17.3. The molecule has 1 amide bonds. The molecule has 0 aliphatic carbocycles. The Morgan fingerprint density at radius 1 is 1.32 bits per heavy atom. The predicted molar refractivity (Wildman–Crippen MR) is 106 cm³/mol.